The number of hydrogen-bond donors (Lipinski definition) is 3. The van der Waals surface area contributed by atoms with Crippen LogP contribution in [-0.4, -0.2) is 42.1 Å². The summed E-state index contributed by atoms with van der Waals surface area (Å²) in [6, 6.07) is 0. The molecule has 0 bridgehead atoms. The lowest BCUT2D eigenvalue weighted by molar-refractivity contribution is -1.04. The third kappa shape index (κ3) is 4.54. The molecule has 1 unspecified atom stereocenters. The van der Waals surface area contributed by atoms with Gasteiger partial charge in [0.1, 0.15) is 0 Å². The average Bonchev–Trinajstić information content (AvgIpc) is 2.17. The van der Waals surface area contributed by atoms with Crippen LogP contribution < -0.4 is 10.9 Å². The first-order chi connectivity index (χ1) is 7.80. The summed E-state index contributed by atoms with van der Waals surface area (Å²) in [5.74, 6) is -0.411. The molecule has 0 aromatic heterocycles. The van der Waals surface area contributed by atoms with Gasteiger partial charge < -0.3 is 15.1 Å². The minimum absolute atomic E-state index is 0.289. The molecule has 8 nitrogen and oxygen atoms in total. The number of esters is 1. The highest BCUT2D eigenvalue weighted by Gasteiger charge is 2.30. The number of rotatable bonds is 5. The van der Waals surface area contributed by atoms with Gasteiger partial charge >= 0.3 is 5.97 Å². The molecule has 1 aliphatic heterocycles. The summed E-state index contributed by atoms with van der Waals surface area (Å²) < 4.78 is 4.77. The average molecular weight is 249 g/mol. The van der Waals surface area contributed by atoms with Crippen molar-refractivity contribution in [3.63, 3.8) is 0 Å². The van der Waals surface area contributed by atoms with Crippen molar-refractivity contribution in [1.82, 2.24) is 10.6 Å². The van der Waals surface area contributed by atoms with Gasteiger partial charge in [-0.2, -0.15) is 5.28 Å². The van der Waals surface area contributed by atoms with E-state index in [2.05, 4.69) is 10.4 Å². The van der Waals surface area contributed by atoms with Gasteiger partial charge in [0.05, 0.1) is 24.6 Å². The van der Waals surface area contributed by atoms with E-state index >= 15 is 0 Å². The van der Waals surface area contributed by atoms with E-state index in [1.807, 2.05) is 0 Å². The number of aliphatic hydroxyl groups is 1. The maximum Gasteiger partial charge on any atom is 0.313 e. The third-order valence-corrected chi connectivity index (χ3v) is 2.17. The summed E-state index contributed by atoms with van der Waals surface area (Å²) >= 11 is 0. The van der Waals surface area contributed by atoms with Gasteiger partial charge in [0.2, 0.25) is 6.79 Å². The van der Waals surface area contributed by atoms with Gasteiger partial charge in [0, 0.05) is 0 Å². The maximum atomic E-state index is 11.3. The molecule has 0 spiro atoms. The smallest absolute Gasteiger partial charge is 0.313 e. The summed E-state index contributed by atoms with van der Waals surface area (Å²) in [6.45, 7) is 5.40. The summed E-state index contributed by atoms with van der Waals surface area (Å²) in [4.78, 5) is 16.0. The number of carbonyl (C=O) groups excluding carboxylic acids is 1. The molecule has 0 radical (unpaired) electrons. The number of aliphatic hydroxyl groups excluding tert-OH is 1. The second kappa shape index (κ2) is 5.71. The number of β-amino-alcohol motifs (C(OH)–C–C–N with tert-alkyl or cyclic N) is 1. The van der Waals surface area contributed by atoms with Crippen molar-refractivity contribution < 1.29 is 24.8 Å². The topological polar surface area (TPSA) is 98.5 Å². The van der Waals surface area contributed by atoms with Crippen LogP contribution in [0.3, 0.4) is 0 Å². The zero-order valence-corrected chi connectivity index (χ0v) is 10.2. The number of nitrogens with zero attached hydrogens (tertiary/aromatic N) is 1. The van der Waals surface area contributed by atoms with Crippen LogP contribution in [-0.2, 0) is 14.4 Å². The summed E-state index contributed by atoms with van der Waals surface area (Å²) in [7, 11) is 0. The molecule has 1 saturated heterocycles. The molecular weight excluding hydrogens is 230 g/mol. The molecule has 0 aliphatic carbocycles. The van der Waals surface area contributed by atoms with Gasteiger partial charge in [-0.1, -0.05) is 0 Å². The van der Waals surface area contributed by atoms with Gasteiger partial charge in [-0.3, -0.25) is 4.79 Å². The molecule has 1 atom stereocenters. The van der Waals surface area contributed by atoms with Crippen molar-refractivity contribution in [2.24, 2.45) is 5.41 Å². The van der Waals surface area contributed by atoms with Crippen LogP contribution >= 0.6 is 0 Å². The van der Waals surface area contributed by atoms with E-state index in [0.29, 0.717) is 0 Å². The van der Waals surface area contributed by atoms with Crippen molar-refractivity contribution in [2.75, 3.05) is 19.9 Å². The first-order valence-electron chi connectivity index (χ1n) is 5.32. The second-order valence-electron chi connectivity index (χ2n) is 4.91. The Balaban J connectivity index is 2.06. The number of quaternary nitrogens is 1. The minimum atomic E-state index is -0.602. The van der Waals surface area contributed by atoms with Crippen molar-refractivity contribution in [3.05, 3.63) is 5.21 Å². The second-order valence-corrected chi connectivity index (χ2v) is 4.91. The Hall–Kier alpha value is -0.770. The molecular formula is C9H19N3O5. The Morgan fingerprint density at radius 2 is 2.18 bits per heavy atom. The van der Waals surface area contributed by atoms with Gasteiger partial charge in [0.15, 0.2) is 0 Å². The molecule has 3 N–H and O–H groups in total. The zero-order valence-electron chi connectivity index (χ0n) is 10.2. The van der Waals surface area contributed by atoms with E-state index in [9.17, 15) is 10.0 Å². The standard InChI is InChI=1S/C9H19N3O5/c1-9(2,3)8(14)16-6-17-10-12(15)11-4-7(13)5-11/h7,10,12-13H,4-6H2,1-3H3. The van der Waals surface area contributed by atoms with Crippen LogP contribution in [0.25, 0.3) is 0 Å². The van der Waals surface area contributed by atoms with Gasteiger partial charge in [0.25, 0.3) is 0 Å². The Bertz CT molecular complexity index is 262. The van der Waals surface area contributed by atoms with Crippen molar-refractivity contribution in [1.29, 1.82) is 0 Å². The Morgan fingerprint density at radius 3 is 2.65 bits per heavy atom. The van der Waals surface area contributed by atoms with Crippen LogP contribution in [0.15, 0.2) is 0 Å². The van der Waals surface area contributed by atoms with Crippen LogP contribution in [0, 0.1) is 10.6 Å². The first-order valence-corrected chi connectivity index (χ1v) is 5.32. The largest absolute Gasteiger partial charge is 0.591 e. The van der Waals surface area contributed by atoms with E-state index in [-0.39, 0.29) is 19.9 Å². The lowest BCUT2D eigenvalue weighted by Crippen LogP contribution is -3.22. The lowest BCUT2D eigenvalue weighted by atomic mass is 9.98. The molecule has 0 amide bonds. The summed E-state index contributed by atoms with van der Waals surface area (Å²) in [5, 5.41) is 21.1. The lowest BCUT2D eigenvalue weighted by Gasteiger charge is -2.40. The molecule has 0 aromatic rings. The van der Waals surface area contributed by atoms with Gasteiger partial charge in [-0.25, -0.2) is 4.84 Å². The molecule has 1 rings (SSSR count). The molecule has 1 aliphatic rings. The number of hydrogen-bond acceptors (Lipinski definition) is 7. The Morgan fingerprint density at radius 1 is 1.59 bits per heavy atom. The highest BCUT2D eigenvalue weighted by Crippen LogP contribution is 2.14. The molecule has 8 heteroatoms. The van der Waals surface area contributed by atoms with Crippen LogP contribution in [0.2, 0.25) is 0 Å². The molecule has 0 aromatic carbocycles. The Labute approximate surface area is 99.5 Å². The molecule has 1 heterocycles. The predicted molar refractivity (Wildman–Crippen MR) is 56.5 cm³/mol. The van der Waals surface area contributed by atoms with E-state index < -0.39 is 22.8 Å². The summed E-state index contributed by atoms with van der Waals surface area (Å²) in [5.41, 5.74) is 1.51. The van der Waals surface area contributed by atoms with E-state index in [1.165, 1.54) is 5.01 Å². The molecule has 1 fully saturated rings. The third-order valence-electron chi connectivity index (χ3n) is 2.17. The SMILES string of the molecule is CC(C)(C)C(=O)OCON[NH+]([O-])N1CC(O)C1. The van der Waals surface area contributed by atoms with Gasteiger partial charge in [-0.15, -0.1) is 5.01 Å². The van der Waals surface area contributed by atoms with Crippen molar-refractivity contribution in [3.8, 4) is 0 Å². The molecule has 17 heavy (non-hydrogen) atoms. The number of ether oxygens (including phenoxy) is 1. The van der Waals surface area contributed by atoms with Crippen LogP contribution in [0.5, 0.6) is 0 Å². The van der Waals surface area contributed by atoms with E-state index in [4.69, 9.17) is 9.84 Å². The van der Waals surface area contributed by atoms with E-state index in [1.54, 1.807) is 20.8 Å². The fourth-order valence-electron chi connectivity index (χ4n) is 1.08. The molecule has 0 saturated carbocycles. The van der Waals surface area contributed by atoms with E-state index in [0.717, 1.165) is 0 Å². The predicted octanol–water partition coefficient (Wildman–Crippen LogP) is -2.06. The first kappa shape index (κ1) is 14.3. The molecule has 100 valence electrons. The zero-order chi connectivity index (χ0) is 13.1. The summed E-state index contributed by atoms with van der Waals surface area (Å²) in [6.07, 6.45) is -0.459. The Kier molecular flexibility index (Phi) is 4.80. The van der Waals surface area contributed by atoms with Crippen LogP contribution in [0.1, 0.15) is 20.8 Å². The number of carbonyl (C=O) groups is 1. The normalized spacial score (nSPS) is 19.8. The maximum absolute atomic E-state index is 11.3. The fraction of sp³-hybridized carbons (Fsp3) is 0.889. The quantitative estimate of drug-likeness (QED) is 0.223. The fourth-order valence-corrected chi connectivity index (χ4v) is 1.08. The van der Waals surface area contributed by atoms with Crippen molar-refractivity contribution in [2.45, 2.75) is 26.9 Å². The highest BCUT2D eigenvalue weighted by atomic mass is 16.8. The van der Waals surface area contributed by atoms with Crippen molar-refractivity contribution >= 4 is 5.97 Å². The van der Waals surface area contributed by atoms with Crippen LogP contribution in [0.4, 0.5) is 0 Å². The number of nitrogens with one attached hydrogen (secondary N) is 2. The minimum Gasteiger partial charge on any atom is -0.591 e. The highest BCUT2D eigenvalue weighted by molar-refractivity contribution is 5.75. The van der Waals surface area contributed by atoms with Gasteiger partial charge in [-0.05, 0) is 26.4 Å². The monoisotopic (exact) mass is 249 g/mol.